The zero-order valence-electron chi connectivity index (χ0n) is 61.0. The molecule has 520 valence electrons. The van der Waals surface area contributed by atoms with E-state index >= 15 is 0 Å². The molecular weight excluding hydrogens is 1400 g/mol. The average Bonchev–Trinajstić information content (AvgIpc) is 0.690. The molecule has 0 atom stereocenters. The highest BCUT2D eigenvalue weighted by Gasteiger charge is 2.36. The zero-order valence-corrected chi connectivity index (χ0v) is 62.6. The molecule has 0 bridgehead atoms. The first-order valence-electron chi connectivity index (χ1n) is 38.2. The van der Waals surface area contributed by atoms with E-state index in [1.165, 1.54) is 0 Å². The maximum absolute atomic E-state index is 4.50. The van der Waals surface area contributed by atoms with Gasteiger partial charge in [0.15, 0.2) is 0 Å². The van der Waals surface area contributed by atoms with Gasteiger partial charge >= 0.3 is 0 Å². The summed E-state index contributed by atoms with van der Waals surface area (Å²) in [6.45, 7) is 0. The van der Waals surface area contributed by atoms with E-state index < -0.39 is 0 Å². The Morgan fingerprint density at radius 2 is 0.198 bits per heavy atom. The number of benzene rings is 19. The molecule has 0 aliphatic rings. The molecule has 0 saturated heterocycles. The van der Waals surface area contributed by atoms with Gasteiger partial charge in [0.2, 0.25) is 0 Å². The molecule has 0 nitrogen and oxygen atoms in total. The summed E-state index contributed by atoms with van der Waals surface area (Å²) in [6, 6.07) is 165. The number of hydrogen-bond acceptors (Lipinski definition) is 0. The molecule has 0 fully saturated rings. The predicted octanol–water partition coefficient (Wildman–Crippen LogP) is 31.4. The fraction of sp³-hybridized carbons (Fsp3) is 0. The van der Waals surface area contributed by atoms with Crippen molar-refractivity contribution in [3.8, 4) is 178 Å². The molecule has 19 aromatic rings. The number of halogens is 1. The zero-order chi connectivity index (χ0) is 74.0. The van der Waals surface area contributed by atoms with Crippen molar-refractivity contribution in [2.75, 3.05) is 0 Å². The van der Waals surface area contributed by atoms with E-state index in [1.807, 2.05) is 0 Å². The molecule has 0 unspecified atom stereocenters. The molecule has 0 amide bonds. The highest BCUT2D eigenvalue weighted by Crippen LogP contribution is 2.64. The lowest BCUT2D eigenvalue weighted by Gasteiger charge is -2.32. The lowest BCUT2D eigenvalue weighted by atomic mass is 9.70. The Hall–Kier alpha value is -13.8. The van der Waals surface area contributed by atoms with Gasteiger partial charge in [-0.15, -0.1) is 0 Å². The summed E-state index contributed by atoms with van der Waals surface area (Å²) < 4.78 is 0.934. The molecular formula is C110H73Br. The first kappa shape index (κ1) is 67.8. The van der Waals surface area contributed by atoms with Crippen molar-refractivity contribution < 1.29 is 0 Å². The molecule has 0 saturated carbocycles. The van der Waals surface area contributed by atoms with Crippen LogP contribution in [-0.2, 0) is 0 Å². The minimum absolute atomic E-state index is 0.934. The molecule has 0 spiro atoms. The average molecular weight is 1470 g/mol. The SMILES string of the molecule is Brc1cc(-c2c(-c3ccccc3)c(-c3ccccc3)c3c(-c4ccccc4)c(-c4ccccc4)c(-c4ccccc4)c(-c4ccccc4)c3c2-c2ccccc2)cc(-c2c(-c3ccccc3)c(-c3ccccc3)c3c(-c4ccccc4)c(-c4ccccc4)c(-c4ccccc4)c(-c4ccccc4)c3c2-c2ccccc2)c1. The van der Waals surface area contributed by atoms with E-state index in [0.29, 0.717) is 0 Å². The van der Waals surface area contributed by atoms with Gasteiger partial charge in [-0.1, -0.05) is 441 Å². The Morgan fingerprint density at radius 3 is 0.315 bits per heavy atom. The van der Waals surface area contributed by atoms with Crippen LogP contribution in [0.4, 0.5) is 0 Å². The summed E-state index contributed by atoms with van der Waals surface area (Å²) >= 11 is 4.50. The maximum atomic E-state index is 4.50. The topological polar surface area (TPSA) is 0 Å². The molecule has 111 heavy (non-hydrogen) atoms. The van der Waals surface area contributed by atoms with Crippen molar-refractivity contribution in [2.24, 2.45) is 0 Å². The standard InChI is InChI=1S/C110H73Br/c111-90-72-88(105-95(78-51-23-5-24-52-78)101(84-63-35-11-36-64-84)107-97(80-55-27-7-28-56-80)91(74-43-15-1-16-44-74)93(76-47-19-3-20-48-76)99(82-59-31-9-32-60-82)109(107)103(105)86-67-39-13-40-68-86)71-89(73-90)106-96(79-53-25-6-26-54-79)102(85-65-37-12-38-66-85)108-98(81-57-29-8-30-58-81)92(75-45-17-2-18-46-75)94(77-49-21-4-22-50-77)100(83-61-33-10-34-62-83)110(108)104(106)87-69-41-14-42-70-87/h1-73H. The summed E-state index contributed by atoms with van der Waals surface area (Å²) in [5, 5.41) is 4.62. The third-order valence-electron chi connectivity index (χ3n) is 21.8. The van der Waals surface area contributed by atoms with Gasteiger partial charge in [0.05, 0.1) is 0 Å². The molecule has 19 aromatic carbocycles. The highest BCUT2D eigenvalue weighted by molar-refractivity contribution is 9.10. The first-order chi connectivity index (χ1) is 55.1. The summed E-state index contributed by atoms with van der Waals surface area (Å²) in [6.07, 6.45) is 0. The van der Waals surface area contributed by atoms with Crippen LogP contribution in [0.15, 0.2) is 447 Å². The van der Waals surface area contributed by atoms with Gasteiger partial charge in [0.1, 0.15) is 0 Å². The smallest absolute Gasteiger partial charge is 0.0187 e. The van der Waals surface area contributed by atoms with E-state index in [1.54, 1.807) is 0 Å². The van der Waals surface area contributed by atoms with Crippen LogP contribution >= 0.6 is 15.9 Å². The Morgan fingerprint density at radius 1 is 0.0991 bits per heavy atom. The lowest BCUT2D eigenvalue weighted by molar-refractivity contribution is 1.52. The normalized spacial score (nSPS) is 11.3. The van der Waals surface area contributed by atoms with Crippen LogP contribution in [0.5, 0.6) is 0 Å². The van der Waals surface area contributed by atoms with Crippen molar-refractivity contribution in [1.29, 1.82) is 0 Å². The summed E-state index contributed by atoms with van der Waals surface area (Å²) in [5.41, 5.74) is 35.8. The van der Waals surface area contributed by atoms with Gasteiger partial charge in [0, 0.05) is 4.47 Å². The summed E-state index contributed by atoms with van der Waals surface area (Å²) in [4.78, 5) is 0. The number of fused-ring (bicyclic) bond motifs is 2. The van der Waals surface area contributed by atoms with Crippen molar-refractivity contribution in [3.63, 3.8) is 0 Å². The highest BCUT2D eigenvalue weighted by atomic mass is 79.9. The van der Waals surface area contributed by atoms with Gasteiger partial charge in [-0.3, -0.25) is 0 Å². The minimum Gasteiger partial charge on any atom is -0.0622 e. The lowest BCUT2D eigenvalue weighted by Crippen LogP contribution is -2.05. The minimum atomic E-state index is 0.934. The second-order valence-electron chi connectivity index (χ2n) is 28.4. The molecule has 19 rings (SSSR count). The fourth-order valence-corrected chi connectivity index (χ4v) is 18.0. The van der Waals surface area contributed by atoms with Gasteiger partial charge < -0.3 is 0 Å². The molecule has 0 heterocycles. The maximum Gasteiger partial charge on any atom is 0.0187 e. The Balaban J connectivity index is 1.10. The van der Waals surface area contributed by atoms with Crippen LogP contribution < -0.4 is 0 Å². The van der Waals surface area contributed by atoms with Gasteiger partial charge in [-0.25, -0.2) is 0 Å². The van der Waals surface area contributed by atoms with E-state index in [9.17, 15) is 0 Å². The van der Waals surface area contributed by atoms with Crippen LogP contribution in [0.1, 0.15) is 0 Å². The number of rotatable bonds is 16. The molecule has 0 aromatic heterocycles. The van der Waals surface area contributed by atoms with E-state index in [-0.39, 0.29) is 0 Å². The third kappa shape index (κ3) is 12.4. The fourth-order valence-electron chi connectivity index (χ4n) is 17.5. The van der Waals surface area contributed by atoms with Crippen LogP contribution in [0.3, 0.4) is 0 Å². The van der Waals surface area contributed by atoms with Crippen molar-refractivity contribution >= 4 is 37.5 Å². The largest absolute Gasteiger partial charge is 0.0622 e. The second kappa shape index (κ2) is 30.1. The quantitative estimate of drug-likeness (QED) is 0.0904. The third-order valence-corrected chi connectivity index (χ3v) is 22.3. The Kier molecular flexibility index (Phi) is 18.4. The molecule has 1 heteroatoms. The second-order valence-corrected chi connectivity index (χ2v) is 29.3. The molecule has 0 N–H and O–H groups in total. The Bertz CT molecular complexity index is 6140. The van der Waals surface area contributed by atoms with Crippen molar-refractivity contribution in [2.45, 2.75) is 0 Å². The van der Waals surface area contributed by atoms with Gasteiger partial charge in [0.25, 0.3) is 0 Å². The molecule has 0 aliphatic heterocycles. The first-order valence-corrected chi connectivity index (χ1v) is 39.0. The Labute approximate surface area is 658 Å². The number of hydrogen-bond donors (Lipinski definition) is 0. The van der Waals surface area contributed by atoms with Crippen molar-refractivity contribution in [1.82, 2.24) is 0 Å². The summed E-state index contributed by atoms with van der Waals surface area (Å²) in [7, 11) is 0. The van der Waals surface area contributed by atoms with Crippen LogP contribution in [-0.4, -0.2) is 0 Å². The predicted molar refractivity (Wildman–Crippen MR) is 476 cm³/mol. The van der Waals surface area contributed by atoms with Crippen LogP contribution in [0.25, 0.3) is 200 Å². The van der Waals surface area contributed by atoms with E-state index in [0.717, 1.165) is 204 Å². The molecule has 0 radical (unpaired) electrons. The monoisotopic (exact) mass is 1470 g/mol. The van der Waals surface area contributed by atoms with Crippen LogP contribution in [0.2, 0.25) is 0 Å². The van der Waals surface area contributed by atoms with Gasteiger partial charge in [-0.2, -0.15) is 0 Å². The van der Waals surface area contributed by atoms with Crippen molar-refractivity contribution in [3.05, 3.63) is 447 Å². The van der Waals surface area contributed by atoms with E-state index in [2.05, 4.69) is 459 Å². The van der Waals surface area contributed by atoms with E-state index in [4.69, 9.17) is 0 Å². The summed E-state index contributed by atoms with van der Waals surface area (Å²) in [5.74, 6) is 0. The van der Waals surface area contributed by atoms with Gasteiger partial charge in [-0.05, 0) is 218 Å². The molecule has 0 aliphatic carbocycles. The van der Waals surface area contributed by atoms with Crippen LogP contribution in [0, 0.1) is 0 Å².